The zero-order valence-corrected chi connectivity index (χ0v) is 11.1. The molecule has 1 rings (SSSR count). The van der Waals surface area contributed by atoms with Crippen molar-refractivity contribution >= 4 is 17.5 Å². The molecule has 1 aromatic rings. The lowest BCUT2D eigenvalue weighted by Crippen LogP contribution is -2.36. The predicted octanol–water partition coefficient (Wildman–Crippen LogP) is 2.70. The molecule has 0 aliphatic rings. The second-order valence-electron chi connectivity index (χ2n) is 4.21. The van der Waals surface area contributed by atoms with Crippen LogP contribution in [0.15, 0.2) is 24.3 Å². The summed E-state index contributed by atoms with van der Waals surface area (Å²) in [5.74, 6) is -0.0649. The van der Waals surface area contributed by atoms with Crippen molar-refractivity contribution < 1.29 is 9.59 Å². The third-order valence-electron chi connectivity index (χ3n) is 2.57. The lowest BCUT2D eigenvalue weighted by Gasteiger charge is -2.12. The fraction of sp³-hybridized carbons (Fsp3) is 0.357. The van der Waals surface area contributed by atoms with Crippen molar-refractivity contribution in [2.75, 3.05) is 5.32 Å². The fourth-order valence-electron chi connectivity index (χ4n) is 1.60. The molecule has 5 heteroatoms. The van der Waals surface area contributed by atoms with Crippen LogP contribution in [0.2, 0.25) is 0 Å². The fourth-order valence-corrected chi connectivity index (χ4v) is 1.60. The van der Waals surface area contributed by atoms with E-state index in [1.54, 1.807) is 24.3 Å². The van der Waals surface area contributed by atoms with Gasteiger partial charge in [0.15, 0.2) is 5.78 Å². The smallest absolute Gasteiger partial charge is 0.320 e. The van der Waals surface area contributed by atoms with Gasteiger partial charge < -0.3 is 10.6 Å². The third kappa shape index (κ3) is 4.80. The van der Waals surface area contributed by atoms with Gasteiger partial charge in [-0.15, -0.1) is 0 Å². The summed E-state index contributed by atoms with van der Waals surface area (Å²) in [4.78, 5) is 22.9. The Morgan fingerprint density at radius 2 is 2.16 bits per heavy atom. The lowest BCUT2D eigenvalue weighted by atomic mass is 10.1. The van der Waals surface area contributed by atoms with E-state index in [4.69, 9.17) is 5.26 Å². The number of carbonyl (C=O) groups excluding carboxylic acids is 2. The largest absolute Gasteiger partial charge is 0.322 e. The molecule has 1 aromatic carbocycles. The molecule has 0 fully saturated rings. The normalized spacial score (nSPS) is 11.2. The van der Waals surface area contributed by atoms with E-state index in [1.807, 2.05) is 13.0 Å². The van der Waals surface area contributed by atoms with Crippen LogP contribution < -0.4 is 10.6 Å². The van der Waals surface area contributed by atoms with Gasteiger partial charge >= 0.3 is 6.03 Å². The van der Waals surface area contributed by atoms with Crippen LogP contribution in [0.5, 0.6) is 0 Å². The predicted molar refractivity (Wildman–Crippen MR) is 72.9 cm³/mol. The van der Waals surface area contributed by atoms with Gasteiger partial charge in [0, 0.05) is 11.3 Å². The molecular formula is C14H17N3O2. The van der Waals surface area contributed by atoms with Crippen LogP contribution in [-0.4, -0.2) is 17.9 Å². The minimum atomic E-state index is -0.499. The van der Waals surface area contributed by atoms with Gasteiger partial charge in [-0.05, 0) is 25.5 Å². The SMILES string of the molecule is CCCC(C#N)NC(=O)Nc1cccc(C(C)=O)c1. The minimum absolute atomic E-state index is 0.0649. The van der Waals surface area contributed by atoms with Crippen LogP contribution >= 0.6 is 0 Å². The number of nitriles is 1. The summed E-state index contributed by atoms with van der Waals surface area (Å²) < 4.78 is 0. The summed E-state index contributed by atoms with van der Waals surface area (Å²) in [6, 6.07) is 7.74. The van der Waals surface area contributed by atoms with Gasteiger partial charge in [0.2, 0.25) is 0 Å². The average Bonchev–Trinajstić information content (AvgIpc) is 2.38. The second-order valence-corrected chi connectivity index (χ2v) is 4.21. The van der Waals surface area contributed by atoms with Gasteiger partial charge in [-0.3, -0.25) is 4.79 Å². The van der Waals surface area contributed by atoms with E-state index in [-0.39, 0.29) is 5.78 Å². The maximum absolute atomic E-state index is 11.7. The summed E-state index contributed by atoms with van der Waals surface area (Å²) in [5, 5.41) is 14.0. The Morgan fingerprint density at radius 3 is 2.74 bits per heavy atom. The first-order chi connectivity index (χ1) is 9.06. The number of nitrogens with one attached hydrogen (secondary N) is 2. The number of urea groups is 1. The van der Waals surface area contributed by atoms with E-state index < -0.39 is 12.1 Å². The maximum Gasteiger partial charge on any atom is 0.320 e. The molecule has 0 bridgehead atoms. The van der Waals surface area contributed by atoms with Crippen LogP contribution in [0.1, 0.15) is 37.0 Å². The molecule has 0 saturated carbocycles. The highest BCUT2D eigenvalue weighted by Crippen LogP contribution is 2.11. The molecule has 5 nitrogen and oxygen atoms in total. The van der Waals surface area contributed by atoms with Gasteiger partial charge in [0.25, 0.3) is 0 Å². The second kappa shape index (κ2) is 7.17. The first-order valence-electron chi connectivity index (χ1n) is 6.15. The van der Waals surface area contributed by atoms with Crippen molar-refractivity contribution in [2.45, 2.75) is 32.7 Å². The lowest BCUT2D eigenvalue weighted by molar-refractivity contribution is 0.101. The van der Waals surface area contributed by atoms with Crippen LogP contribution in [0.25, 0.3) is 0 Å². The standard InChI is InChI=1S/C14H17N3O2/c1-3-5-13(9-15)17-14(19)16-12-7-4-6-11(8-12)10(2)18/h4,6-8,13H,3,5H2,1-2H3,(H2,16,17,19). The number of carbonyl (C=O) groups is 2. The molecule has 0 aliphatic carbocycles. The summed E-state index contributed by atoms with van der Waals surface area (Å²) in [5.41, 5.74) is 1.06. The zero-order chi connectivity index (χ0) is 14.3. The molecule has 0 spiro atoms. The van der Waals surface area contributed by atoms with Crippen LogP contribution in [0.4, 0.5) is 10.5 Å². The molecule has 19 heavy (non-hydrogen) atoms. The minimum Gasteiger partial charge on any atom is -0.322 e. The van der Waals surface area contributed by atoms with Gasteiger partial charge in [0.05, 0.1) is 6.07 Å². The number of hydrogen-bond acceptors (Lipinski definition) is 3. The molecule has 0 aliphatic heterocycles. The van der Waals surface area contributed by atoms with Gasteiger partial charge in [-0.2, -0.15) is 5.26 Å². The monoisotopic (exact) mass is 259 g/mol. The highest BCUT2D eigenvalue weighted by atomic mass is 16.2. The maximum atomic E-state index is 11.7. The molecule has 1 unspecified atom stereocenters. The Hall–Kier alpha value is -2.35. The molecule has 2 N–H and O–H groups in total. The molecule has 1 atom stereocenters. The van der Waals surface area contributed by atoms with Crippen molar-refractivity contribution in [3.63, 3.8) is 0 Å². The van der Waals surface area contributed by atoms with Crippen molar-refractivity contribution in [1.82, 2.24) is 5.32 Å². The van der Waals surface area contributed by atoms with Crippen molar-refractivity contribution in [1.29, 1.82) is 5.26 Å². The highest BCUT2D eigenvalue weighted by molar-refractivity contribution is 5.96. The Balaban J connectivity index is 2.64. The summed E-state index contributed by atoms with van der Waals surface area (Å²) in [7, 11) is 0. The molecule has 0 aromatic heterocycles. The summed E-state index contributed by atoms with van der Waals surface area (Å²) >= 11 is 0. The van der Waals surface area contributed by atoms with Crippen molar-refractivity contribution in [2.24, 2.45) is 0 Å². The van der Waals surface area contributed by atoms with E-state index >= 15 is 0 Å². The van der Waals surface area contributed by atoms with E-state index in [0.717, 1.165) is 6.42 Å². The first kappa shape index (κ1) is 14.7. The topological polar surface area (TPSA) is 82.0 Å². The molecule has 2 amide bonds. The number of ketones is 1. The Kier molecular flexibility index (Phi) is 5.55. The summed E-state index contributed by atoms with van der Waals surface area (Å²) in [6.45, 7) is 3.41. The zero-order valence-electron chi connectivity index (χ0n) is 11.1. The quantitative estimate of drug-likeness (QED) is 0.797. The van der Waals surface area contributed by atoms with Crippen LogP contribution in [0, 0.1) is 11.3 Å². The molecule has 0 saturated heterocycles. The molecular weight excluding hydrogens is 242 g/mol. The van der Waals surface area contributed by atoms with Crippen LogP contribution in [0.3, 0.4) is 0 Å². The van der Waals surface area contributed by atoms with Crippen LogP contribution in [-0.2, 0) is 0 Å². The van der Waals surface area contributed by atoms with Gasteiger partial charge in [-0.1, -0.05) is 25.5 Å². The van der Waals surface area contributed by atoms with E-state index in [9.17, 15) is 9.59 Å². The van der Waals surface area contributed by atoms with Gasteiger partial charge in [0.1, 0.15) is 6.04 Å². The number of benzene rings is 1. The van der Waals surface area contributed by atoms with Gasteiger partial charge in [-0.25, -0.2) is 4.79 Å². The molecule has 100 valence electrons. The Bertz CT molecular complexity index is 506. The van der Waals surface area contributed by atoms with E-state index in [0.29, 0.717) is 17.7 Å². The van der Waals surface area contributed by atoms with E-state index in [1.165, 1.54) is 6.92 Å². The molecule has 0 heterocycles. The summed E-state index contributed by atoms with van der Waals surface area (Å²) in [6.07, 6.45) is 1.43. The molecule has 0 radical (unpaired) electrons. The van der Waals surface area contributed by atoms with E-state index in [2.05, 4.69) is 10.6 Å². The number of amides is 2. The highest BCUT2D eigenvalue weighted by Gasteiger charge is 2.10. The number of rotatable bonds is 5. The number of nitrogens with zero attached hydrogens (tertiary/aromatic N) is 1. The van der Waals surface area contributed by atoms with Crippen molar-refractivity contribution in [3.05, 3.63) is 29.8 Å². The number of Topliss-reactive ketones (excluding diaryl/α,β-unsaturated/α-hetero) is 1. The Morgan fingerprint density at radius 1 is 1.42 bits per heavy atom. The number of hydrogen-bond donors (Lipinski definition) is 2. The first-order valence-corrected chi connectivity index (χ1v) is 6.15. The van der Waals surface area contributed by atoms with Crippen molar-refractivity contribution in [3.8, 4) is 6.07 Å². The Labute approximate surface area is 112 Å². The number of anilines is 1. The average molecular weight is 259 g/mol. The third-order valence-corrected chi connectivity index (χ3v) is 2.57.